The van der Waals surface area contributed by atoms with Gasteiger partial charge in [0.15, 0.2) is 0 Å². The summed E-state index contributed by atoms with van der Waals surface area (Å²) >= 11 is 0. The number of hydrogen-bond acceptors (Lipinski definition) is 5. The van der Waals surface area contributed by atoms with Crippen LogP contribution in [0, 0.1) is 20.8 Å². The maximum atomic E-state index is 12.6. The SMILES string of the molecule is CCCN1C(=O)CCc2c(C)nc([C@@H]3CCCCN3Cc3c(C)nn(C(C)C)c3C)nc21. The van der Waals surface area contributed by atoms with E-state index in [1.165, 1.54) is 24.1 Å². The van der Waals surface area contributed by atoms with Gasteiger partial charge in [0.2, 0.25) is 5.91 Å². The summed E-state index contributed by atoms with van der Waals surface area (Å²) in [4.78, 5) is 27.1. The van der Waals surface area contributed by atoms with Gasteiger partial charge in [-0.05, 0) is 66.8 Å². The van der Waals surface area contributed by atoms with Gasteiger partial charge in [0.05, 0.1) is 11.7 Å². The van der Waals surface area contributed by atoms with Crippen molar-refractivity contribution in [2.75, 3.05) is 18.0 Å². The van der Waals surface area contributed by atoms with Crippen LogP contribution in [0.2, 0.25) is 0 Å². The molecular weight excluding hydrogens is 400 g/mol. The van der Waals surface area contributed by atoms with Gasteiger partial charge in [-0.15, -0.1) is 0 Å². The van der Waals surface area contributed by atoms with Gasteiger partial charge in [0.1, 0.15) is 11.6 Å². The summed E-state index contributed by atoms with van der Waals surface area (Å²) in [6.07, 6.45) is 5.67. The first-order valence-electron chi connectivity index (χ1n) is 12.3. The van der Waals surface area contributed by atoms with Crippen LogP contribution in [0.1, 0.15) is 99.0 Å². The van der Waals surface area contributed by atoms with E-state index in [2.05, 4.69) is 51.1 Å². The molecule has 0 bridgehead atoms. The van der Waals surface area contributed by atoms with Crippen LogP contribution in [0.5, 0.6) is 0 Å². The largest absolute Gasteiger partial charge is 0.296 e. The fourth-order valence-electron chi connectivity index (χ4n) is 5.31. The lowest BCUT2D eigenvalue weighted by molar-refractivity contribution is -0.119. The van der Waals surface area contributed by atoms with Gasteiger partial charge in [0.25, 0.3) is 0 Å². The number of anilines is 1. The van der Waals surface area contributed by atoms with E-state index in [0.717, 1.165) is 67.5 Å². The Labute approximate surface area is 192 Å². The summed E-state index contributed by atoms with van der Waals surface area (Å²) in [5.41, 5.74) is 5.87. The van der Waals surface area contributed by atoms with E-state index < -0.39 is 0 Å². The van der Waals surface area contributed by atoms with Crippen molar-refractivity contribution in [3.05, 3.63) is 34.0 Å². The average Bonchev–Trinajstić information content (AvgIpc) is 3.04. The molecule has 0 radical (unpaired) electrons. The molecule has 1 fully saturated rings. The molecule has 7 nitrogen and oxygen atoms in total. The second-order valence-electron chi connectivity index (χ2n) is 9.68. The predicted octanol–water partition coefficient (Wildman–Crippen LogP) is 4.60. The van der Waals surface area contributed by atoms with Crippen molar-refractivity contribution in [1.29, 1.82) is 0 Å². The van der Waals surface area contributed by atoms with Gasteiger partial charge < -0.3 is 0 Å². The summed E-state index contributed by atoms with van der Waals surface area (Å²) in [6, 6.07) is 0.530. The van der Waals surface area contributed by atoms with Crippen LogP contribution in [0.25, 0.3) is 0 Å². The van der Waals surface area contributed by atoms with Crippen LogP contribution < -0.4 is 4.90 Å². The number of carbonyl (C=O) groups excluding carboxylic acids is 1. The van der Waals surface area contributed by atoms with Crippen LogP contribution in [-0.4, -0.2) is 43.6 Å². The Morgan fingerprint density at radius 3 is 2.53 bits per heavy atom. The number of amides is 1. The first-order chi connectivity index (χ1) is 15.3. The Kier molecular flexibility index (Phi) is 6.65. The van der Waals surface area contributed by atoms with E-state index in [1.54, 1.807) is 0 Å². The molecule has 0 aromatic carbocycles. The third-order valence-electron chi connectivity index (χ3n) is 7.04. The molecule has 174 valence electrons. The zero-order chi connectivity index (χ0) is 23.0. The fraction of sp³-hybridized carbons (Fsp3) is 0.680. The molecule has 4 heterocycles. The lowest BCUT2D eigenvalue weighted by atomic mass is 9.98. The summed E-state index contributed by atoms with van der Waals surface area (Å²) in [5.74, 6) is 1.93. The van der Waals surface area contributed by atoms with Gasteiger partial charge in [-0.2, -0.15) is 5.10 Å². The Hall–Kier alpha value is -2.28. The number of nitrogens with zero attached hydrogens (tertiary/aromatic N) is 6. The van der Waals surface area contributed by atoms with E-state index >= 15 is 0 Å². The van der Waals surface area contributed by atoms with E-state index in [4.69, 9.17) is 15.1 Å². The van der Waals surface area contributed by atoms with Crippen molar-refractivity contribution < 1.29 is 4.79 Å². The van der Waals surface area contributed by atoms with Gasteiger partial charge >= 0.3 is 0 Å². The molecule has 1 saturated heterocycles. The number of hydrogen-bond donors (Lipinski definition) is 0. The van der Waals surface area contributed by atoms with Crippen LogP contribution >= 0.6 is 0 Å². The number of aromatic nitrogens is 4. The Bertz CT molecular complexity index is 995. The molecule has 2 aromatic heterocycles. The van der Waals surface area contributed by atoms with Gasteiger partial charge in [0, 0.05) is 48.1 Å². The molecule has 2 aromatic rings. The predicted molar refractivity (Wildman–Crippen MR) is 127 cm³/mol. The number of aryl methyl sites for hydroxylation is 2. The second-order valence-corrected chi connectivity index (χ2v) is 9.68. The number of piperidine rings is 1. The maximum absolute atomic E-state index is 12.6. The minimum Gasteiger partial charge on any atom is -0.296 e. The van der Waals surface area contributed by atoms with Crippen molar-refractivity contribution in [2.45, 2.75) is 98.7 Å². The van der Waals surface area contributed by atoms with E-state index in [-0.39, 0.29) is 11.9 Å². The molecule has 2 aliphatic rings. The Balaban J connectivity index is 1.68. The number of carbonyl (C=O) groups is 1. The van der Waals surface area contributed by atoms with E-state index in [9.17, 15) is 4.79 Å². The Morgan fingerprint density at radius 1 is 1.06 bits per heavy atom. The highest BCUT2D eigenvalue weighted by atomic mass is 16.2. The molecule has 2 aliphatic heterocycles. The van der Waals surface area contributed by atoms with Crippen molar-refractivity contribution in [2.24, 2.45) is 0 Å². The minimum atomic E-state index is 0.175. The van der Waals surface area contributed by atoms with Crippen LogP contribution in [0.3, 0.4) is 0 Å². The fourth-order valence-corrected chi connectivity index (χ4v) is 5.31. The van der Waals surface area contributed by atoms with Crippen molar-refractivity contribution in [1.82, 2.24) is 24.6 Å². The van der Waals surface area contributed by atoms with Crippen molar-refractivity contribution in [3.8, 4) is 0 Å². The van der Waals surface area contributed by atoms with Gasteiger partial charge in [-0.1, -0.05) is 13.3 Å². The number of fused-ring (bicyclic) bond motifs is 1. The molecule has 0 N–H and O–H groups in total. The van der Waals surface area contributed by atoms with Crippen molar-refractivity contribution in [3.63, 3.8) is 0 Å². The van der Waals surface area contributed by atoms with Crippen LogP contribution in [0.15, 0.2) is 0 Å². The third-order valence-corrected chi connectivity index (χ3v) is 7.04. The highest BCUT2D eigenvalue weighted by Crippen LogP contribution is 2.35. The molecule has 0 aliphatic carbocycles. The molecule has 1 amide bonds. The topological polar surface area (TPSA) is 67.2 Å². The Morgan fingerprint density at radius 2 is 1.84 bits per heavy atom. The van der Waals surface area contributed by atoms with Crippen LogP contribution in [0.4, 0.5) is 5.82 Å². The molecular formula is C25H38N6O. The normalized spacial score (nSPS) is 19.7. The summed E-state index contributed by atoms with van der Waals surface area (Å²) in [6.45, 7) is 15.5. The second kappa shape index (κ2) is 9.30. The first-order valence-corrected chi connectivity index (χ1v) is 12.3. The maximum Gasteiger partial charge on any atom is 0.228 e. The molecule has 7 heteroatoms. The lowest BCUT2D eigenvalue weighted by Crippen LogP contribution is -2.39. The van der Waals surface area contributed by atoms with E-state index in [1.807, 2.05) is 4.90 Å². The molecule has 0 unspecified atom stereocenters. The number of likely N-dealkylation sites (tertiary alicyclic amines) is 1. The van der Waals surface area contributed by atoms with Gasteiger partial charge in [-0.3, -0.25) is 19.3 Å². The minimum absolute atomic E-state index is 0.175. The molecule has 0 saturated carbocycles. The molecule has 0 spiro atoms. The molecule has 4 rings (SSSR count). The summed E-state index contributed by atoms with van der Waals surface area (Å²) in [7, 11) is 0. The standard InChI is InChI=1S/C25H38N6O/c1-7-13-30-23(32)12-11-20-17(4)26-24(27-25(20)30)22-10-8-9-14-29(22)15-21-18(5)28-31(16(2)3)19(21)6/h16,22H,7-15H2,1-6H3/t22-/m0/s1. The quantitative estimate of drug-likeness (QED) is 0.660. The zero-order valence-electron chi connectivity index (χ0n) is 20.6. The highest BCUT2D eigenvalue weighted by Gasteiger charge is 2.32. The van der Waals surface area contributed by atoms with E-state index in [0.29, 0.717) is 12.5 Å². The van der Waals surface area contributed by atoms with Crippen LogP contribution in [-0.2, 0) is 17.8 Å². The van der Waals surface area contributed by atoms with Gasteiger partial charge in [-0.25, -0.2) is 9.97 Å². The third kappa shape index (κ3) is 4.19. The van der Waals surface area contributed by atoms with Crippen molar-refractivity contribution >= 4 is 11.7 Å². The first kappa shape index (κ1) is 22.9. The monoisotopic (exact) mass is 438 g/mol. The molecule has 32 heavy (non-hydrogen) atoms. The number of rotatable bonds is 6. The lowest BCUT2D eigenvalue weighted by Gasteiger charge is -2.36. The summed E-state index contributed by atoms with van der Waals surface area (Å²) in [5, 5.41) is 4.80. The smallest absolute Gasteiger partial charge is 0.228 e. The average molecular weight is 439 g/mol. The summed E-state index contributed by atoms with van der Waals surface area (Å²) < 4.78 is 2.14. The zero-order valence-corrected chi connectivity index (χ0v) is 20.6. The molecule has 1 atom stereocenters. The highest BCUT2D eigenvalue weighted by molar-refractivity contribution is 5.95.